The van der Waals surface area contributed by atoms with Gasteiger partial charge in [0, 0.05) is 32.1 Å². The Kier molecular flexibility index (Phi) is 8.80. The summed E-state index contributed by atoms with van der Waals surface area (Å²) in [6.07, 6.45) is 0.877. The Morgan fingerprint density at radius 3 is 2.37 bits per heavy atom. The maximum Gasteiger partial charge on any atom is 0.121 e. The average molecular weight is 269 g/mol. The van der Waals surface area contributed by atoms with Gasteiger partial charge in [0.2, 0.25) is 0 Å². The second kappa shape index (κ2) is 10.6. The third kappa shape index (κ3) is 8.42. The van der Waals surface area contributed by atoms with Crippen LogP contribution in [0, 0.1) is 0 Å². The lowest BCUT2D eigenvalue weighted by atomic mass is 10.3. The molecule has 0 spiro atoms. The van der Waals surface area contributed by atoms with Gasteiger partial charge in [-0.05, 0) is 18.6 Å². The number of hydrogen-bond donors (Lipinski definition) is 1. The van der Waals surface area contributed by atoms with Gasteiger partial charge < -0.3 is 24.7 Å². The van der Waals surface area contributed by atoms with Crippen molar-refractivity contribution in [1.29, 1.82) is 0 Å². The highest BCUT2D eigenvalue weighted by Gasteiger charge is 1.95. The fraction of sp³-hybridized carbons (Fsp3) is 0.571. The van der Waals surface area contributed by atoms with Crippen molar-refractivity contribution in [2.24, 2.45) is 0 Å². The maximum absolute atomic E-state index is 5.64. The predicted molar refractivity (Wildman–Crippen MR) is 74.5 cm³/mol. The smallest absolute Gasteiger partial charge is 0.121 e. The van der Waals surface area contributed by atoms with Crippen molar-refractivity contribution in [3.8, 4) is 5.75 Å². The minimum atomic E-state index is 0.522. The van der Waals surface area contributed by atoms with Crippen LogP contribution in [0.2, 0.25) is 0 Å². The summed E-state index contributed by atoms with van der Waals surface area (Å²) in [4.78, 5) is 0. The Labute approximate surface area is 114 Å². The van der Waals surface area contributed by atoms with E-state index in [1.807, 2.05) is 18.2 Å². The first-order valence-electron chi connectivity index (χ1n) is 6.45. The molecule has 19 heavy (non-hydrogen) atoms. The van der Waals surface area contributed by atoms with Crippen molar-refractivity contribution in [2.75, 3.05) is 52.5 Å². The topological polar surface area (TPSA) is 62.9 Å². The van der Waals surface area contributed by atoms with Crippen LogP contribution in [0.4, 0.5) is 5.69 Å². The van der Waals surface area contributed by atoms with E-state index in [2.05, 4.69) is 0 Å². The molecule has 5 nitrogen and oxygen atoms in total. The van der Waals surface area contributed by atoms with Gasteiger partial charge in [-0.15, -0.1) is 0 Å². The van der Waals surface area contributed by atoms with Crippen LogP contribution in [-0.4, -0.2) is 46.8 Å². The van der Waals surface area contributed by atoms with Crippen molar-refractivity contribution >= 4 is 5.69 Å². The predicted octanol–water partition coefficient (Wildman–Crippen LogP) is 1.72. The molecule has 5 heteroatoms. The summed E-state index contributed by atoms with van der Waals surface area (Å²) in [6.45, 7) is 3.72. The molecule has 0 saturated heterocycles. The molecular weight excluding hydrogens is 246 g/mol. The average Bonchev–Trinajstić information content (AvgIpc) is 2.41. The Bertz CT molecular complexity index is 333. The van der Waals surface area contributed by atoms with E-state index in [1.165, 1.54) is 0 Å². The Morgan fingerprint density at radius 1 is 0.947 bits per heavy atom. The number of nitrogen functional groups attached to an aromatic ring is 1. The molecule has 0 aliphatic heterocycles. The molecule has 0 unspecified atom stereocenters. The van der Waals surface area contributed by atoms with Crippen molar-refractivity contribution < 1.29 is 18.9 Å². The molecule has 0 aromatic heterocycles. The molecule has 0 radical (unpaired) electrons. The quantitative estimate of drug-likeness (QED) is 0.489. The van der Waals surface area contributed by atoms with E-state index in [4.69, 9.17) is 24.7 Å². The Hall–Kier alpha value is -1.30. The highest BCUT2D eigenvalue weighted by atomic mass is 16.5. The lowest BCUT2D eigenvalue weighted by Crippen LogP contribution is -2.10. The zero-order valence-corrected chi connectivity index (χ0v) is 11.5. The standard InChI is InChI=1S/C14H23NO4/c1-16-8-9-17-6-3-7-18-10-11-19-14-5-2-4-13(15)12-14/h2,4-5,12H,3,6-11,15H2,1H3. The van der Waals surface area contributed by atoms with E-state index in [0.717, 1.165) is 12.2 Å². The number of nitrogens with two attached hydrogens (primary N) is 1. The molecule has 2 N–H and O–H groups in total. The molecule has 0 aliphatic carbocycles. The summed E-state index contributed by atoms with van der Waals surface area (Å²) < 4.78 is 21.1. The largest absolute Gasteiger partial charge is 0.491 e. The minimum Gasteiger partial charge on any atom is -0.491 e. The third-order valence-electron chi connectivity index (χ3n) is 2.36. The Balaban J connectivity index is 1.89. The summed E-state index contributed by atoms with van der Waals surface area (Å²) in [5, 5.41) is 0. The normalized spacial score (nSPS) is 10.6. The molecule has 0 heterocycles. The first-order valence-corrected chi connectivity index (χ1v) is 6.45. The second-order valence-electron chi connectivity index (χ2n) is 3.99. The van der Waals surface area contributed by atoms with E-state index in [1.54, 1.807) is 13.2 Å². The van der Waals surface area contributed by atoms with Gasteiger partial charge in [-0.1, -0.05) is 6.07 Å². The van der Waals surface area contributed by atoms with Gasteiger partial charge in [0.05, 0.1) is 19.8 Å². The number of ether oxygens (including phenoxy) is 4. The molecule has 0 atom stereocenters. The van der Waals surface area contributed by atoms with Crippen molar-refractivity contribution in [3.63, 3.8) is 0 Å². The van der Waals surface area contributed by atoms with Crippen molar-refractivity contribution in [2.45, 2.75) is 6.42 Å². The van der Waals surface area contributed by atoms with Crippen LogP contribution in [-0.2, 0) is 14.2 Å². The lowest BCUT2D eigenvalue weighted by molar-refractivity contribution is 0.0459. The maximum atomic E-state index is 5.64. The van der Waals surface area contributed by atoms with Crippen LogP contribution >= 0.6 is 0 Å². The molecule has 0 saturated carbocycles. The van der Waals surface area contributed by atoms with Gasteiger partial charge in [0.15, 0.2) is 0 Å². The lowest BCUT2D eigenvalue weighted by Gasteiger charge is -2.08. The van der Waals surface area contributed by atoms with Gasteiger partial charge in [-0.25, -0.2) is 0 Å². The van der Waals surface area contributed by atoms with Gasteiger partial charge in [0.25, 0.3) is 0 Å². The SMILES string of the molecule is COCCOCCCOCCOc1cccc(N)c1. The molecule has 108 valence electrons. The van der Waals surface area contributed by atoms with Crippen molar-refractivity contribution in [1.82, 2.24) is 0 Å². The van der Waals surface area contributed by atoms with Crippen LogP contribution in [0.3, 0.4) is 0 Å². The first kappa shape index (κ1) is 15.8. The van der Waals surface area contributed by atoms with E-state index < -0.39 is 0 Å². The third-order valence-corrected chi connectivity index (χ3v) is 2.36. The van der Waals surface area contributed by atoms with E-state index in [0.29, 0.717) is 45.3 Å². The highest BCUT2D eigenvalue weighted by molar-refractivity contribution is 5.43. The molecule has 0 aliphatic rings. The zero-order chi connectivity index (χ0) is 13.8. The monoisotopic (exact) mass is 269 g/mol. The van der Waals surface area contributed by atoms with Crippen LogP contribution < -0.4 is 10.5 Å². The molecule has 0 fully saturated rings. The summed E-state index contributed by atoms with van der Waals surface area (Å²) >= 11 is 0. The second-order valence-corrected chi connectivity index (χ2v) is 3.99. The van der Waals surface area contributed by atoms with Gasteiger partial charge in [0.1, 0.15) is 12.4 Å². The van der Waals surface area contributed by atoms with Gasteiger partial charge in [-0.2, -0.15) is 0 Å². The van der Waals surface area contributed by atoms with Crippen LogP contribution in [0.5, 0.6) is 5.75 Å². The summed E-state index contributed by atoms with van der Waals surface area (Å²) in [5.74, 6) is 0.770. The summed E-state index contributed by atoms with van der Waals surface area (Å²) in [7, 11) is 1.66. The number of methoxy groups -OCH3 is 1. The molecule has 1 rings (SSSR count). The molecular formula is C14H23NO4. The summed E-state index contributed by atoms with van der Waals surface area (Å²) in [6, 6.07) is 7.36. The first-order chi connectivity index (χ1) is 9.33. The van der Waals surface area contributed by atoms with E-state index >= 15 is 0 Å². The molecule has 0 bridgehead atoms. The van der Waals surface area contributed by atoms with Crippen LogP contribution in [0.1, 0.15) is 6.42 Å². The number of rotatable bonds is 11. The van der Waals surface area contributed by atoms with Gasteiger partial charge in [-0.3, -0.25) is 0 Å². The summed E-state index contributed by atoms with van der Waals surface area (Å²) in [5.41, 5.74) is 6.35. The van der Waals surface area contributed by atoms with Gasteiger partial charge >= 0.3 is 0 Å². The number of anilines is 1. The van der Waals surface area contributed by atoms with Crippen LogP contribution in [0.25, 0.3) is 0 Å². The van der Waals surface area contributed by atoms with E-state index in [9.17, 15) is 0 Å². The molecule has 0 amide bonds. The van der Waals surface area contributed by atoms with Crippen LogP contribution in [0.15, 0.2) is 24.3 Å². The number of hydrogen-bond acceptors (Lipinski definition) is 5. The van der Waals surface area contributed by atoms with Crippen molar-refractivity contribution in [3.05, 3.63) is 24.3 Å². The molecule has 1 aromatic rings. The van der Waals surface area contributed by atoms with E-state index in [-0.39, 0.29) is 0 Å². The fourth-order valence-electron chi connectivity index (χ4n) is 1.43. The minimum absolute atomic E-state index is 0.522. The highest BCUT2D eigenvalue weighted by Crippen LogP contribution is 2.13. The molecule has 1 aromatic carbocycles. The zero-order valence-electron chi connectivity index (χ0n) is 11.5. The Morgan fingerprint density at radius 2 is 1.68 bits per heavy atom. The fourth-order valence-corrected chi connectivity index (χ4v) is 1.43. The number of benzene rings is 1.